The average Bonchev–Trinajstić information content (AvgIpc) is 2.65. The lowest BCUT2D eigenvalue weighted by molar-refractivity contribution is 0.0960. The summed E-state index contributed by atoms with van der Waals surface area (Å²) in [7, 11) is 1.68. The van der Waals surface area contributed by atoms with Crippen molar-refractivity contribution in [2.45, 2.75) is 33.1 Å². The van der Waals surface area contributed by atoms with Crippen molar-refractivity contribution in [1.82, 2.24) is 9.97 Å². The molecule has 0 saturated carbocycles. The predicted octanol–water partition coefficient (Wildman–Crippen LogP) is 2.92. The number of hydrogen-bond acceptors (Lipinski definition) is 5. The Balaban J connectivity index is 1.70. The van der Waals surface area contributed by atoms with Gasteiger partial charge >= 0.3 is 0 Å². The topological polar surface area (TPSA) is 58.5 Å². The second kappa shape index (κ2) is 7.40. The predicted molar refractivity (Wildman–Crippen MR) is 99.2 cm³/mol. The quantitative estimate of drug-likeness (QED) is 0.906. The van der Waals surface area contributed by atoms with Crippen LogP contribution in [0.1, 0.15) is 29.8 Å². The van der Waals surface area contributed by atoms with Crippen molar-refractivity contribution < 1.29 is 9.84 Å². The number of aryl methyl sites for hydroxylation is 2. The van der Waals surface area contributed by atoms with Crippen molar-refractivity contribution in [2.75, 3.05) is 31.7 Å². The van der Waals surface area contributed by atoms with E-state index in [4.69, 9.17) is 4.74 Å². The fourth-order valence-corrected chi connectivity index (χ4v) is 3.60. The second-order valence-corrected chi connectivity index (χ2v) is 7.09. The molecule has 0 unspecified atom stereocenters. The van der Waals surface area contributed by atoms with E-state index in [1.165, 1.54) is 5.56 Å². The lowest BCUT2D eigenvalue weighted by atomic mass is 9.74. The molecular weight excluding hydrogens is 314 g/mol. The molecule has 0 radical (unpaired) electrons. The van der Waals surface area contributed by atoms with E-state index in [1.807, 2.05) is 25.3 Å². The summed E-state index contributed by atoms with van der Waals surface area (Å²) in [6, 6.07) is 8.17. The summed E-state index contributed by atoms with van der Waals surface area (Å²) in [5.41, 5.74) is 2.30. The molecule has 5 nitrogen and oxygen atoms in total. The smallest absolute Gasteiger partial charge is 0.135 e. The van der Waals surface area contributed by atoms with Gasteiger partial charge in [-0.15, -0.1) is 0 Å². The number of piperidine rings is 1. The fraction of sp³-hybridized carbons (Fsp3) is 0.500. The molecule has 0 bridgehead atoms. The maximum Gasteiger partial charge on any atom is 0.135 e. The summed E-state index contributed by atoms with van der Waals surface area (Å²) in [4.78, 5) is 11.2. The third kappa shape index (κ3) is 3.93. The van der Waals surface area contributed by atoms with Gasteiger partial charge in [-0.2, -0.15) is 0 Å². The molecule has 1 aromatic heterocycles. The number of aliphatic hydroxyl groups is 1. The Bertz CT molecular complexity index is 707. The van der Waals surface area contributed by atoms with Gasteiger partial charge in [0.05, 0.1) is 7.11 Å². The molecule has 1 aliphatic heterocycles. The highest BCUT2D eigenvalue weighted by atomic mass is 16.5. The van der Waals surface area contributed by atoms with Crippen LogP contribution in [0.4, 0.5) is 5.82 Å². The van der Waals surface area contributed by atoms with Crippen molar-refractivity contribution in [3.05, 3.63) is 47.4 Å². The third-order valence-corrected chi connectivity index (χ3v) is 5.26. The molecule has 0 aliphatic carbocycles. The summed E-state index contributed by atoms with van der Waals surface area (Å²) in [6.07, 6.45) is 4.70. The molecular formula is C20H27N3O2. The average molecular weight is 341 g/mol. The Kier molecular flexibility index (Phi) is 5.23. The first-order chi connectivity index (χ1) is 12.0. The summed E-state index contributed by atoms with van der Waals surface area (Å²) in [6.45, 7) is 6.02. The SMILES string of the molecule is COc1ccc(CC2(CO)CCN(c3nc(C)ncc3C)CC2)cc1. The van der Waals surface area contributed by atoms with Crippen LogP contribution in [0.2, 0.25) is 0 Å². The molecule has 5 heteroatoms. The van der Waals surface area contributed by atoms with Crippen LogP contribution in [0.5, 0.6) is 5.75 Å². The van der Waals surface area contributed by atoms with Gasteiger partial charge in [0.1, 0.15) is 17.4 Å². The highest BCUT2D eigenvalue weighted by Crippen LogP contribution is 2.36. The van der Waals surface area contributed by atoms with E-state index in [2.05, 4.69) is 33.9 Å². The summed E-state index contributed by atoms with van der Waals surface area (Å²) >= 11 is 0. The standard InChI is InChI=1S/C20H27N3O2/c1-15-13-21-16(2)22-19(15)23-10-8-20(14-24,9-11-23)12-17-4-6-18(25-3)7-5-17/h4-7,13,24H,8-12,14H2,1-3H3. The van der Waals surface area contributed by atoms with Gasteiger partial charge in [-0.3, -0.25) is 0 Å². The zero-order chi connectivity index (χ0) is 17.9. The van der Waals surface area contributed by atoms with Crippen LogP contribution >= 0.6 is 0 Å². The molecule has 2 aromatic rings. The van der Waals surface area contributed by atoms with Gasteiger partial charge in [-0.1, -0.05) is 12.1 Å². The molecule has 2 heterocycles. The Morgan fingerprint density at radius 1 is 1.16 bits per heavy atom. The maximum absolute atomic E-state index is 10.1. The van der Waals surface area contributed by atoms with E-state index in [9.17, 15) is 5.11 Å². The van der Waals surface area contributed by atoms with E-state index in [0.29, 0.717) is 0 Å². The van der Waals surface area contributed by atoms with E-state index >= 15 is 0 Å². The number of aliphatic hydroxyl groups excluding tert-OH is 1. The Morgan fingerprint density at radius 3 is 2.44 bits per heavy atom. The summed E-state index contributed by atoms with van der Waals surface area (Å²) < 4.78 is 5.23. The number of benzene rings is 1. The summed E-state index contributed by atoms with van der Waals surface area (Å²) in [5, 5.41) is 10.1. The number of rotatable bonds is 5. The fourth-order valence-electron chi connectivity index (χ4n) is 3.60. The number of hydrogen-bond donors (Lipinski definition) is 1. The minimum absolute atomic E-state index is 0.0545. The van der Waals surface area contributed by atoms with Crippen molar-refractivity contribution in [2.24, 2.45) is 5.41 Å². The third-order valence-electron chi connectivity index (χ3n) is 5.26. The maximum atomic E-state index is 10.1. The van der Waals surface area contributed by atoms with Crippen molar-refractivity contribution in [1.29, 1.82) is 0 Å². The zero-order valence-electron chi connectivity index (χ0n) is 15.3. The minimum Gasteiger partial charge on any atom is -0.497 e. The van der Waals surface area contributed by atoms with Crippen molar-refractivity contribution in [3.8, 4) is 5.75 Å². The first kappa shape index (κ1) is 17.7. The molecule has 0 spiro atoms. The lowest BCUT2D eigenvalue weighted by Gasteiger charge is -2.41. The molecule has 0 amide bonds. The van der Waals surface area contributed by atoms with Gasteiger partial charge < -0.3 is 14.7 Å². The van der Waals surface area contributed by atoms with E-state index in [-0.39, 0.29) is 12.0 Å². The van der Waals surface area contributed by atoms with Gasteiger partial charge in [0.25, 0.3) is 0 Å². The highest BCUT2D eigenvalue weighted by molar-refractivity contribution is 5.45. The normalized spacial score (nSPS) is 16.7. The number of methoxy groups -OCH3 is 1. The Hall–Kier alpha value is -2.14. The monoisotopic (exact) mass is 341 g/mol. The number of aromatic nitrogens is 2. The zero-order valence-corrected chi connectivity index (χ0v) is 15.3. The van der Waals surface area contributed by atoms with Crippen LogP contribution in [0.15, 0.2) is 30.5 Å². The minimum atomic E-state index is -0.0545. The summed E-state index contributed by atoms with van der Waals surface area (Å²) in [5.74, 6) is 2.70. The second-order valence-electron chi connectivity index (χ2n) is 7.09. The highest BCUT2D eigenvalue weighted by Gasteiger charge is 2.35. The van der Waals surface area contributed by atoms with Gasteiger partial charge in [0.2, 0.25) is 0 Å². The van der Waals surface area contributed by atoms with Crippen LogP contribution in [-0.4, -0.2) is 41.9 Å². The number of nitrogens with zero attached hydrogens (tertiary/aromatic N) is 3. The van der Waals surface area contributed by atoms with E-state index < -0.39 is 0 Å². The van der Waals surface area contributed by atoms with E-state index in [1.54, 1.807) is 7.11 Å². The molecule has 1 fully saturated rings. The van der Waals surface area contributed by atoms with Crippen molar-refractivity contribution >= 4 is 5.82 Å². The van der Waals surface area contributed by atoms with Gasteiger partial charge in [-0.05, 0) is 50.8 Å². The van der Waals surface area contributed by atoms with Crippen molar-refractivity contribution in [3.63, 3.8) is 0 Å². The van der Waals surface area contributed by atoms with Gasteiger partial charge in [0.15, 0.2) is 0 Å². The Labute approximate surface area is 149 Å². The molecule has 1 N–H and O–H groups in total. The molecule has 25 heavy (non-hydrogen) atoms. The van der Waals surface area contributed by atoms with E-state index in [0.717, 1.165) is 55.3 Å². The number of anilines is 1. The lowest BCUT2D eigenvalue weighted by Crippen LogP contribution is -2.44. The van der Waals surface area contributed by atoms with Crippen LogP contribution < -0.4 is 9.64 Å². The molecule has 0 atom stereocenters. The first-order valence-corrected chi connectivity index (χ1v) is 8.84. The molecule has 134 valence electrons. The van der Waals surface area contributed by atoms with Crippen LogP contribution in [0, 0.1) is 19.3 Å². The van der Waals surface area contributed by atoms with Crippen LogP contribution in [-0.2, 0) is 6.42 Å². The molecule has 1 aromatic carbocycles. The molecule has 1 saturated heterocycles. The van der Waals surface area contributed by atoms with Crippen LogP contribution in [0.25, 0.3) is 0 Å². The largest absolute Gasteiger partial charge is 0.497 e. The van der Waals surface area contributed by atoms with Crippen LogP contribution in [0.3, 0.4) is 0 Å². The molecule has 3 rings (SSSR count). The van der Waals surface area contributed by atoms with Gasteiger partial charge in [-0.25, -0.2) is 9.97 Å². The van der Waals surface area contributed by atoms with Gasteiger partial charge in [0, 0.05) is 36.9 Å². The Morgan fingerprint density at radius 2 is 1.84 bits per heavy atom. The molecule has 1 aliphatic rings. The number of ether oxygens (including phenoxy) is 1. The first-order valence-electron chi connectivity index (χ1n) is 8.84.